The van der Waals surface area contributed by atoms with Gasteiger partial charge in [0.2, 0.25) is 17.7 Å². The van der Waals surface area contributed by atoms with Crippen molar-refractivity contribution in [3.05, 3.63) is 88.3 Å². The van der Waals surface area contributed by atoms with Gasteiger partial charge in [-0.15, -0.1) is 0 Å². The van der Waals surface area contributed by atoms with Gasteiger partial charge in [0, 0.05) is 29.9 Å². The number of allylic oxidation sites excluding steroid dienone is 1. The van der Waals surface area contributed by atoms with Crippen molar-refractivity contribution in [2.75, 3.05) is 25.5 Å². The molecule has 3 atom stereocenters. The molecule has 3 heterocycles. The molecule has 3 unspecified atom stereocenters. The maximum Gasteiger partial charge on any atom is 0.244 e. The number of fused-ring (bicyclic) bond motifs is 2. The van der Waals surface area contributed by atoms with Crippen molar-refractivity contribution in [3.63, 3.8) is 0 Å². The van der Waals surface area contributed by atoms with Crippen LogP contribution in [0.2, 0.25) is 0 Å². The molecule has 8 nitrogen and oxygen atoms in total. The number of piperidine rings is 1. The number of carbonyl (C=O) groups excluding carboxylic acids is 3. The summed E-state index contributed by atoms with van der Waals surface area (Å²) in [5.74, 6) is -1.45. The van der Waals surface area contributed by atoms with Gasteiger partial charge in [-0.3, -0.25) is 14.4 Å². The molecule has 3 aliphatic heterocycles. The van der Waals surface area contributed by atoms with Gasteiger partial charge in [-0.2, -0.15) is 0 Å². The zero-order valence-electron chi connectivity index (χ0n) is 23.2. The SMILES string of the molecule is CNC1CC(c2cc(F)cc(F)c2)N(CC(=O)Nc2ccc3c(c2)CC2(C3)C(=O)NC3=C2C=CCN3)C(=O)C1(C)C. The van der Waals surface area contributed by atoms with Crippen molar-refractivity contribution in [2.24, 2.45) is 10.8 Å². The third kappa shape index (κ3) is 4.50. The number of benzene rings is 2. The minimum absolute atomic E-state index is 0.0331. The molecule has 1 aliphatic carbocycles. The molecule has 0 aromatic heterocycles. The highest BCUT2D eigenvalue weighted by Crippen LogP contribution is 2.48. The van der Waals surface area contributed by atoms with Gasteiger partial charge >= 0.3 is 0 Å². The number of carbonyl (C=O) groups is 3. The Morgan fingerprint density at radius 1 is 1.07 bits per heavy atom. The van der Waals surface area contributed by atoms with Crippen LogP contribution in [0.25, 0.3) is 0 Å². The lowest BCUT2D eigenvalue weighted by atomic mass is 9.74. The molecule has 4 aliphatic rings. The average molecular weight is 562 g/mol. The van der Waals surface area contributed by atoms with Crippen molar-refractivity contribution in [2.45, 2.75) is 45.2 Å². The van der Waals surface area contributed by atoms with Crippen LogP contribution < -0.4 is 21.3 Å². The van der Waals surface area contributed by atoms with E-state index in [1.165, 1.54) is 17.0 Å². The Morgan fingerprint density at radius 3 is 2.54 bits per heavy atom. The molecule has 2 aromatic carbocycles. The van der Waals surface area contributed by atoms with Gasteiger partial charge in [0.05, 0.1) is 16.9 Å². The van der Waals surface area contributed by atoms with Crippen LogP contribution in [-0.4, -0.2) is 48.8 Å². The highest BCUT2D eigenvalue weighted by Gasteiger charge is 2.52. The second-order valence-electron chi connectivity index (χ2n) is 11.9. The Hall–Kier alpha value is -4.05. The van der Waals surface area contributed by atoms with Gasteiger partial charge in [-0.25, -0.2) is 8.78 Å². The first-order chi connectivity index (χ1) is 19.5. The zero-order valence-corrected chi connectivity index (χ0v) is 23.2. The van der Waals surface area contributed by atoms with Gasteiger partial charge in [0.25, 0.3) is 0 Å². The quantitative estimate of drug-likeness (QED) is 0.450. The molecule has 41 heavy (non-hydrogen) atoms. The Labute approximate surface area is 237 Å². The summed E-state index contributed by atoms with van der Waals surface area (Å²) >= 11 is 0. The number of halogens is 2. The largest absolute Gasteiger partial charge is 0.368 e. The van der Waals surface area contributed by atoms with E-state index >= 15 is 0 Å². The lowest BCUT2D eigenvalue weighted by Crippen LogP contribution is -2.59. The molecule has 0 radical (unpaired) electrons. The van der Waals surface area contributed by atoms with Crippen LogP contribution in [-0.2, 0) is 27.2 Å². The molecule has 214 valence electrons. The standard InChI is InChI=1S/C31H33F2N5O3/c1-30(2)25(34-3)13-24(18-9-20(32)12-21(33)10-18)38(29(30)41)16-26(39)36-22-7-6-17-14-31(15-19(17)11-22)23-5-4-8-35-27(23)37-28(31)40/h4-7,9-12,24-25,34-35H,8,13-16H2,1-3H3,(H,36,39)(H,37,40). The monoisotopic (exact) mass is 561 g/mol. The molecular weight excluding hydrogens is 528 g/mol. The van der Waals surface area contributed by atoms with E-state index in [-0.39, 0.29) is 24.4 Å². The minimum atomic E-state index is -0.836. The Kier molecular flexibility index (Phi) is 6.48. The molecule has 0 bridgehead atoms. The van der Waals surface area contributed by atoms with E-state index in [1.54, 1.807) is 27.0 Å². The van der Waals surface area contributed by atoms with Gasteiger partial charge in [-0.1, -0.05) is 18.2 Å². The molecule has 2 aromatic rings. The maximum absolute atomic E-state index is 14.2. The van der Waals surface area contributed by atoms with E-state index in [1.807, 2.05) is 24.3 Å². The molecular formula is C31H33F2N5O3. The molecule has 0 saturated carbocycles. The third-order valence-electron chi connectivity index (χ3n) is 9.06. The van der Waals surface area contributed by atoms with Gasteiger partial charge < -0.3 is 26.2 Å². The fourth-order valence-corrected chi connectivity index (χ4v) is 6.89. The van der Waals surface area contributed by atoms with Gasteiger partial charge in [0.1, 0.15) is 24.0 Å². The summed E-state index contributed by atoms with van der Waals surface area (Å²) in [5, 5.41) is 12.3. The zero-order chi connectivity index (χ0) is 29.1. The predicted molar refractivity (Wildman–Crippen MR) is 149 cm³/mol. The van der Waals surface area contributed by atoms with Crippen LogP contribution >= 0.6 is 0 Å². The number of rotatable bonds is 5. The fraction of sp³-hybridized carbons (Fsp3) is 0.387. The number of hydrogen-bond acceptors (Lipinski definition) is 5. The lowest BCUT2D eigenvalue weighted by molar-refractivity contribution is -0.152. The second-order valence-corrected chi connectivity index (χ2v) is 11.9. The van der Waals surface area contributed by atoms with Crippen LogP contribution in [0.15, 0.2) is 59.9 Å². The summed E-state index contributed by atoms with van der Waals surface area (Å²) in [7, 11) is 1.75. The topological polar surface area (TPSA) is 103 Å². The minimum Gasteiger partial charge on any atom is -0.368 e. The first-order valence-electron chi connectivity index (χ1n) is 13.8. The van der Waals surface area contributed by atoms with E-state index in [0.717, 1.165) is 28.6 Å². The Bertz CT molecular complexity index is 1510. The van der Waals surface area contributed by atoms with Crippen molar-refractivity contribution >= 4 is 23.4 Å². The van der Waals surface area contributed by atoms with Crippen molar-refractivity contribution in [3.8, 4) is 0 Å². The molecule has 3 amide bonds. The first kappa shape index (κ1) is 27.1. The van der Waals surface area contributed by atoms with Crippen molar-refractivity contribution in [1.29, 1.82) is 0 Å². The normalized spacial score (nSPS) is 26.1. The lowest BCUT2D eigenvalue weighted by Gasteiger charge is -2.47. The number of hydrogen-bond donors (Lipinski definition) is 4. The van der Waals surface area contributed by atoms with Crippen LogP contribution in [0.3, 0.4) is 0 Å². The van der Waals surface area contributed by atoms with Crippen LogP contribution in [0.1, 0.15) is 43.0 Å². The number of nitrogens with zero attached hydrogens (tertiary/aromatic N) is 1. The highest BCUT2D eigenvalue weighted by atomic mass is 19.1. The summed E-state index contributed by atoms with van der Waals surface area (Å²) in [4.78, 5) is 41.5. The number of likely N-dealkylation sites (tertiary alicyclic amines) is 1. The fourth-order valence-electron chi connectivity index (χ4n) is 6.89. The first-order valence-corrected chi connectivity index (χ1v) is 13.8. The Balaban J connectivity index is 1.23. The molecule has 1 saturated heterocycles. The smallest absolute Gasteiger partial charge is 0.244 e. The van der Waals surface area contributed by atoms with Crippen LogP contribution in [0.4, 0.5) is 14.5 Å². The summed E-state index contributed by atoms with van der Waals surface area (Å²) < 4.78 is 28.3. The predicted octanol–water partition coefficient (Wildman–Crippen LogP) is 3.08. The molecule has 10 heteroatoms. The number of nitrogens with one attached hydrogen (secondary N) is 4. The molecule has 4 N–H and O–H groups in total. The molecule has 1 fully saturated rings. The molecule has 6 rings (SSSR count). The van der Waals surface area contributed by atoms with E-state index < -0.39 is 34.4 Å². The van der Waals surface area contributed by atoms with Gasteiger partial charge in [-0.05, 0) is 81.1 Å². The molecule has 1 spiro atoms. The number of anilines is 1. The summed E-state index contributed by atoms with van der Waals surface area (Å²) in [6.07, 6.45) is 5.48. The number of dihydropyridines is 1. The maximum atomic E-state index is 14.2. The highest BCUT2D eigenvalue weighted by molar-refractivity contribution is 5.97. The summed E-state index contributed by atoms with van der Waals surface area (Å²) in [5.41, 5.74) is 2.33. The number of amides is 3. The second kappa shape index (κ2) is 9.80. The van der Waals surface area contributed by atoms with E-state index in [4.69, 9.17) is 0 Å². The van der Waals surface area contributed by atoms with Crippen LogP contribution in [0, 0.1) is 22.5 Å². The van der Waals surface area contributed by atoms with E-state index in [2.05, 4.69) is 21.3 Å². The van der Waals surface area contributed by atoms with Gasteiger partial charge in [0.15, 0.2) is 0 Å². The third-order valence-corrected chi connectivity index (χ3v) is 9.06. The van der Waals surface area contributed by atoms with Crippen molar-refractivity contribution in [1.82, 2.24) is 20.9 Å². The summed E-state index contributed by atoms with van der Waals surface area (Å²) in [6.45, 7) is 3.99. The average Bonchev–Trinajstić information content (AvgIpc) is 3.43. The van der Waals surface area contributed by atoms with Crippen molar-refractivity contribution < 1.29 is 23.2 Å². The van der Waals surface area contributed by atoms with E-state index in [9.17, 15) is 23.2 Å². The Morgan fingerprint density at radius 2 is 1.80 bits per heavy atom. The van der Waals surface area contributed by atoms with Crippen LogP contribution in [0.5, 0.6) is 0 Å². The van der Waals surface area contributed by atoms with E-state index in [0.29, 0.717) is 37.1 Å². The summed E-state index contributed by atoms with van der Waals surface area (Å²) in [6, 6.07) is 7.87.